The van der Waals surface area contributed by atoms with Crippen molar-refractivity contribution < 1.29 is 14.3 Å². The van der Waals surface area contributed by atoms with Gasteiger partial charge in [-0.2, -0.15) is 0 Å². The van der Waals surface area contributed by atoms with Crippen molar-refractivity contribution in [3.63, 3.8) is 0 Å². The van der Waals surface area contributed by atoms with E-state index in [9.17, 15) is 4.79 Å². The Bertz CT molecular complexity index is 316. The van der Waals surface area contributed by atoms with Gasteiger partial charge in [0, 0.05) is 12.0 Å². The number of aldehydes is 1. The zero-order chi connectivity index (χ0) is 9.80. The predicted octanol–water partition coefficient (Wildman–Crippen LogP) is 1.67. The zero-order valence-corrected chi connectivity index (χ0v) is 7.81. The molecule has 0 radical (unpaired) electrons. The fourth-order valence-corrected chi connectivity index (χ4v) is 1.46. The monoisotopic (exact) mass is 192 g/mol. The smallest absolute Gasteiger partial charge is 0.150 e. The Morgan fingerprint density at radius 2 is 2.43 bits per heavy atom. The SMILES string of the molecule is O=Cc1cccc(OC2CCOC2)c1. The molecule has 0 aromatic heterocycles. The van der Waals surface area contributed by atoms with Gasteiger partial charge in [-0.05, 0) is 12.1 Å². The molecule has 2 rings (SSSR count). The van der Waals surface area contributed by atoms with Crippen LogP contribution in [0.4, 0.5) is 0 Å². The lowest BCUT2D eigenvalue weighted by Gasteiger charge is -2.11. The van der Waals surface area contributed by atoms with Crippen LogP contribution in [0.15, 0.2) is 24.3 Å². The van der Waals surface area contributed by atoms with Gasteiger partial charge in [0.25, 0.3) is 0 Å². The van der Waals surface area contributed by atoms with E-state index in [1.807, 2.05) is 12.1 Å². The molecule has 1 aromatic rings. The highest BCUT2D eigenvalue weighted by atomic mass is 16.5. The van der Waals surface area contributed by atoms with Gasteiger partial charge in [0.05, 0.1) is 13.2 Å². The molecule has 3 heteroatoms. The van der Waals surface area contributed by atoms with E-state index in [0.29, 0.717) is 12.2 Å². The van der Waals surface area contributed by atoms with Crippen LogP contribution >= 0.6 is 0 Å². The molecule has 1 aliphatic rings. The highest BCUT2D eigenvalue weighted by Crippen LogP contribution is 2.17. The maximum Gasteiger partial charge on any atom is 0.150 e. The van der Waals surface area contributed by atoms with Crippen LogP contribution in [0.2, 0.25) is 0 Å². The van der Waals surface area contributed by atoms with Crippen LogP contribution in [0.3, 0.4) is 0 Å². The molecule has 0 N–H and O–H groups in total. The van der Waals surface area contributed by atoms with Gasteiger partial charge in [0.1, 0.15) is 18.1 Å². The Balaban J connectivity index is 2.04. The minimum absolute atomic E-state index is 0.136. The van der Waals surface area contributed by atoms with Crippen molar-refractivity contribution in [1.29, 1.82) is 0 Å². The lowest BCUT2D eigenvalue weighted by atomic mass is 10.2. The van der Waals surface area contributed by atoms with Gasteiger partial charge in [0.15, 0.2) is 0 Å². The standard InChI is InChI=1S/C11H12O3/c12-7-9-2-1-3-10(6-9)14-11-4-5-13-8-11/h1-3,6-7,11H,4-5,8H2. The third-order valence-electron chi connectivity index (χ3n) is 2.18. The van der Waals surface area contributed by atoms with Crippen molar-refractivity contribution in [2.45, 2.75) is 12.5 Å². The molecule has 1 aromatic carbocycles. The normalized spacial score (nSPS) is 20.7. The predicted molar refractivity (Wildman–Crippen MR) is 51.7 cm³/mol. The zero-order valence-electron chi connectivity index (χ0n) is 7.81. The largest absolute Gasteiger partial charge is 0.488 e. The minimum Gasteiger partial charge on any atom is -0.488 e. The first kappa shape index (κ1) is 9.21. The summed E-state index contributed by atoms with van der Waals surface area (Å²) in [5.74, 6) is 0.741. The van der Waals surface area contributed by atoms with E-state index in [1.165, 1.54) is 0 Å². The molecule has 0 saturated carbocycles. The van der Waals surface area contributed by atoms with Gasteiger partial charge in [-0.3, -0.25) is 4.79 Å². The van der Waals surface area contributed by atoms with Crippen molar-refractivity contribution in [2.75, 3.05) is 13.2 Å². The average Bonchev–Trinajstić information content (AvgIpc) is 2.71. The summed E-state index contributed by atoms with van der Waals surface area (Å²) >= 11 is 0. The molecule has 1 saturated heterocycles. The van der Waals surface area contributed by atoms with Crippen molar-refractivity contribution in [3.05, 3.63) is 29.8 Å². The third kappa shape index (κ3) is 2.12. The highest BCUT2D eigenvalue weighted by molar-refractivity contribution is 5.75. The van der Waals surface area contributed by atoms with Crippen LogP contribution in [0, 0.1) is 0 Å². The fourth-order valence-electron chi connectivity index (χ4n) is 1.46. The quantitative estimate of drug-likeness (QED) is 0.683. The number of ether oxygens (including phenoxy) is 2. The van der Waals surface area contributed by atoms with Gasteiger partial charge in [0.2, 0.25) is 0 Å². The average molecular weight is 192 g/mol. The number of hydrogen-bond donors (Lipinski definition) is 0. The van der Waals surface area contributed by atoms with E-state index in [-0.39, 0.29) is 6.10 Å². The molecule has 0 amide bonds. The van der Waals surface area contributed by atoms with Crippen LogP contribution in [0.5, 0.6) is 5.75 Å². The van der Waals surface area contributed by atoms with Crippen LogP contribution in [0.1, 0.15) is 16.8 Å². The molecule has 14 heavy (non-hydrogen) atoms. The maximum absolute atomic E-state index is 10.5. The molecule has 0 spiro atoms. The molecule has 0 bridgehead atoms. The van der Waals surface area contributed by atoms with Gasteiger partial charge in [-0.1, -0.05) is 12.1 Å². The number of rotatable bonds is 3. The van der Waals surface area contributed by atoms with E-state index in [4.69, 9.17) is 9.47 Å². The van der Waals surface area contributed by atoms with Crippen LogP contribution < -0.4 is 4.74 Å². The molecular weight excluding hydrogens is 180 g/mol. The molecule has 1 fully saturated rings. The molecule has 1 unspecified atom stereocenters. The summed E-state index contributed by atoms with van der Waals surface area (Å²) in [6, 6.07) is 7.16. The summed E-state index contributed by atoms with van der Waals surface area (Å²) < 4.78 is 10.8. The molecule has 3 nitrogen and oxygen atoms in total. The van der Waals surface area contributed by atoms with Gasteiger partial charge in [-0.25, -0.2) is 0 Å². The summed E-state index contributed by atoms with van der Waals surface area (Å²) in [5, 5.41) is 0. The lowest BCUT2D eigenvalue weighted by molar-refractivity contribution is 0.112. The van der Waals surface area contributed by atoms with Crippen LogP contribution in [-0.4, -0.2) is 25.6 Å². The summed E-state index contributed by atoms with van der Waals surface area (Å²) in [6.45, 7) is 1.41. The first-order chi connectivity index (χ1) is 6.88. The van der Waals surface area contributed by atoms with Crippen molar-refractivity contribution in [2.24, 2.45) is 0 Å². The first-order valence-corrected chi connectivity index (χ1v) is 4.68. The van der Waals surface area contributed by atoms with E-state index in [1.54, 1.807) is 12.1 Å². The van der Waals surface area contributed by atoms with E-state index in [0.717, 1.165) is 25.1 Å². The Morgan fingerprint density at radius 3 is 3.14 bits per heavy atom. The summed E-state index contributed by atoms with van der Waals surface area (Å²) in [6.07, 6.45) is 1.88. The van der Waals surface area contributed by atoms with Crippen molar-refractivity contribution in [3.8, 4) is 5.75 Å². The number of benzene rings is 1. The fraction of sp³-hybridized carbons (Fsp3) is 0.364. The number of hydrogen-bond acceptors (Lipinski definition) is 3. The number of carbonyl (C=O) groups excluding carboxylic acids is 1. The second kappa shape index (κ2) is 4.24. The summed E-state index contributed by atoms with van der Waals surface area (Å²) in [7, 11) is 0. The summed E-state index contributed by atoms with van der Waals surface area (Å²) in [5.41, 5.74) is 0.640. The second-order valence-electron chi connectivity index (χ2n) is 3.29. The van der Waals surface area contributed by atoms with Gasteiger partial charge in [-0.15, -0.1) is 0 Å². The lowest BCUT2D eigenvalue weighted by Crippen LogP contribution is -2.15. The summed E-state index contributed by atoms with van der Waals surface area (Å²) in [4.78, 5) is 10.5. The molecular formula is C11H12O3. The Morgan fingerprint density at radius 1 is 1.50 bits per heavy atom. The minimum atomic E-state index is 0.136. The third-order valence-corrected chi connectivity index (χ3v) is 2.18. The first-order valence-electron chi connectivity index (χ1n) is 4.68. The van der Waals surface area contributed by atoms with Crippen molar-refractivity contribution in [1.82, 2.24) is 0 Å². The second-order valence-corrected chi connectivity index (χ2v) is 3.29. The van der Waals surface area contributed by atoms with Gasteiger partial charge >= 0.3 is 0 Å². The van der Waals surface area contributed by atoms with Gasteiger partial charge < -0.3 is 9.47 Å². The highest BCUT2D eigenvalue weighted by Gasteiger charge is 2.16. The Kier molecular flexibility index (Phi) is 2.79. The topological polar surface area (TPSA) is 35.5 Å². The molecule has 0 aliphatic carbocycles. The van der Waals surface area contributed by atoms with Crippen molar-refractivity contribution >= 4 is 6.29 Å². The molecule has 1 heterocycles. The maximum atomic E-state index is 10.5. The Labute approximate surface area is 82.6 Å². The molecule has 1 aliphatic heterocycles. The van der Waals surface area contributed by atoms with E-state index < -0.39 is 0 Å². The Hall–Kier alpha value is -1.35. The van der Waals surface area contributed by atoms with E-state index in [2.05, 4.69) is 0 Å². The number of carbonyl (C=O) groups is 1. The van der Waals surface area contributed by atoms with E-state index >= 15 is 0 Å². The molecule has 1 atom stereocenters. The van der Waals surface area contributed by atoms with Crippen LogP contribution in [0.25, 0.3) is 0 Å². The van der Waals surface area contributed by atoms with Crippen LogP contribution in [-0.2, 0) is 4.74 Å². The molecule has 74 valence electrons.